The van der Waals surface area contributed by atoms with Gasteiger partial charge < -0.3 is 14.8 Å². The van der Waals surface area contributed by atoms with Crippen molar-refractivity contribution in [3.63, 3.8) is 0 Å². The molecular weight excluding hydrogens is 404 g/mol. The molecule has 0 aliphatic carbocycles. The van der Waals surface area contributed by atoms with Gasteiger partial charge in [-0.05, 0) is 50.9 Å². The Morgan fingerprint density at radius 3 is 2.62 bits per heavy atom. The van der Waals surface area contributed by atoms with Crippen molar-refractivity contribution in [1.29, 1.82) is 5.26 Å². The number of benzene rings is 1. The van der Waals surface area contributed by atoms with Crippen LogP contribution in [0.25, 0.3) is 11.1 Å². The first-order chi connectivity index (χ1) is 9.90. The molecule has 7 heteroatoms. The standard InChI is InChI=1S/C14H10Br2N2O3/c1-6-3-7(8(5-17)14(20)18-6)11-12(16)9(15)4-10(21-2)13(11)19/h3-4,19H,1-2H3,(H,18,20). The minimum atomic E-state index is -0.502. The fraction of sp³-hybridized carbons (Fsp3) is 0.143. The van der Waals surface area contributed by atoms with E-state index in [0.717, 1.165) is 0 Å². The third kappa shape index (κ3) is 2.69. The second-order valence-corrected chi connectivity index (χ2v) is 5.93. The number of phenols is 1. The van der Waals surface area contributed by atoms with E-state index in [0.29, 0.717) is 25.8 Å². The molecule has 0 unspecified atom stereocenters. The molecular formula is C14H10Br2N2O3. The molecule has 0 saturated carbocycles. The van der Waals surface area contributed by atoms with Crippen molar-refractivity contribution >= 4 is 31.9 Å². The third-order valence-electron chi connectivity index (χ3n) is 2.93. The average Bonchev–Trinajstić information content (AvgIpc) is 2.42. The Morgan fingerprint density at radius 2 is 2.05 bits per heavy atom. The highest BCUT2D eigenvalue weighted by molar-refractivity contribution is 9.13. The lowest BCUT2D eigenvalue weighted by molar-refractivity contribution is 0.374. The molecule has 2 aromatic rings. The Labute approximate surface area is 137 Å². The lowest BCUT2D eigenvalue weighted by Crippen LogP contribution is -2.13. The van der Waals surface area contributed by atoms with Gasteiger partial charge in [0.2, 0.25) is 0 Å². The van der Waals surface area contributed by atoms with Crippen LogP contribution in [-0.4, -0.2) is 17.2 Å². The van der Waals surface area contributed by atoms with Crippen LogP contribution in [0.3, 0.4) is 0 Å². The molecule has 0 radical (unpaired) electrons. The van der Waals surface area contributed by atoms with E-state index < -0.39 is 5.56 Å². The predicted octanol–water partition coefficient (Wildman–Crippen LogP) is 3.46. The Hall–Kier alpha value is -1.78. The highest BCUT2D eigenvalue weighted by Gasteiger charge is 2.21. The van der Waals surface area contributed by atoms with Gasteiger partial charge in [-0.2, -0.15) is 5.26 Å². The van der Waals surface area contributed by atoms with Crippen LogP contribution in [0.5, 0.6) is 11.5 Å². The maximum absolute atomic E-state index is 11.9. The van der Waals surface area contributed by atoms with Gasteiger partial charge in [0.15, 0.2) is 11.5 Å². The number of aromatic amines is 1. The van der Waals surface area contributed by atoms with Crippen LogP contribution < -0.4 is 10.3 Å². The summed E-state index contributed by atoms with van der Waals surface area (Å²) < 4.78 is 6.27. The number of hydrogen-bond acceptors (Lipinski definition) is 4. The van der Waals surface area contributed by atoms with E-state index in [4.69, 9.17) is 4.74 Å². The predicted molar refractivity (Wildman–Crippen MR) is 85.6 cm³/mol. The van der Waals surface area contributed by atoms with Gasteiger partial charge in [0.25, 0.3) is 5.56 Å². The first-order valence-corrected chi connectivity index (χ1v) is 7.38. The number of ether oxygens (including phenoxy) is 1. The number of phenolic OH excluding ortho intramolecular Hbond substituents is 1. The van der Waals surface area contributed by atoms with Crippen molar-refractivity contribution < 1.29 is 9.84 Å². The number of H-pyrrole nitrogens is 1. The molecule has 0 amide bonds. The minimum Gasteiger partial charge on any atom is -0.504 e. The average molecular weight is 414 g/mol. The van der Waals surface area contributed by atoms with E-state index in [-0.39, 0.29) is 17.1 Å². The normalized spacial score (nSPS) is 10.2. The van der Waals surface area contributed by atoms with E-state index >= 15 is 0 Å². The number of nitriles is 1. The molecule has 0 atom stereocenters. The summed E-state index contributed by atoms with van der Waals surface area (Å²) in [7, 11) is 1.42. The van der Waals surface area contributed by atoms with Gasteiger partial charge in [0.05, 0.1) is 7.11 Å². The van der Waals surface area contributed by atoms with E-state index in [1.54, 1.807) is 19.1 Å². The highest BCUT2D eigenvalue weighted by atomic mass is 79.9. The Morgan fingerprint density at radius 1 is 1.38 bits per heavy atom. The second kappa shape index (κ2) is 5.92. The lowest BCUT2D eigenvalue weighted by Gasteiger charge is -2.14. The zero-order chi connectivity index (χ0) is 15.7. The van der Waals surface area contributed by atoms with Gasteiger partial charge in [-0.25, -0.2) is 0 Å². The molecule has 0 fully saturated rings. The molecule has 0 aliphatic heterocycles. The van der Waals surface area contributed by atoms with Crippen molar-refractivity contribution in [3.05, 3.63) is 42.7 Å². The quantitative estimate of drug-likeness (QED) is 0.789. The Bertz CT molecular complexity index is 822. The molecule has 0 aliphatic rings. The summed E-state index contributed by atoms with van der Waals surface area (Å²) in [5.74, 6) is 0.0935. The summed E-state index contributed by atoms with van der Waals surface area (Å²) in [6.45, 7) is 1.70. The first kappa shape index (κ1) is 15.6. The van der Waals surface area contributed by atoms with Gasteiger partial charge in [-0.1, -0.05) is 0 Å². The highest BCUT2D eigenvalue weighted by Crippen LogP contribution is 2.46. The third-order valence-corrected chi connectivity index (χ3v) is 4.91. The van der Waals surface area contributed by atoms with Crippen LogP contribution >= 0.6 is 31.9 Å². The van der Waals surface area contributed by atoms with Crippen LogP contribution in [0.4, 0.5) is 0 Å². The van der Waals surface area contributed by atoms with Gasteiger partial charge >= 0.3 is 0 Å². The topological polar surface area (TPSA) is 86.1 Å². The van der Waals surface area contributed by atoms with Gasteiger partial charge in [-0.3, -0.25) is 4.79 Å². The fourth-order valence-corrected chi connectivity index (χ4v) is 2.91. The van der Waals surface area contributed by atoms with E-state index in [2.05, 4.69) is 36.8 Å². The molecule has 1 heterocycles. The summed E-state index contributed by atoms with van der Waals surface area (Å²) in [6, 6.07) is 5.09. The number of rotatable bonds is 2. The number of pyridine rings is 1. The molecule has 0 saturated heterocycles. The van der Waals surface area contributed by atoms with Crippen LogP contribution in [-0.2, 0) is 0 Å². The fourth-order valence-electron chi connectivity index (χ4n) is 1.99. The Balaban J connectivity index is 2.95. The summed E-state index contributed by atoms with van der Waals surface area (Å²) in [5.41, 5.74) is 0.670. The van der Waals surface area contributed by atoms with Gasteiger partial charge in [0.1, 0.15) is 11.6 Å². The van der Waals surface area contributed by atoms with Crippen molar-refractivity contribution in [3.8, 4) is 28.7 Å². The van der Waals surface area contributed by atoms with E-state index in [1.807, 2.05) is 6.07 Å². The van der Waals surface area contributed by atoms with E-state index in [9.17, 15) is 15.2 Å². The SMILES string of the molecule is COc1cc(Br)c(Br)c(-c2cc(C)[nH]c(=O)c2C#N)c1O. The minimum absolute atomic E-state index is 0.0725. The number of nitrogens with zero attached hydrogens (tertiary/aromatic N) is 1. The molecule has 5 nitrogen and oxygen atoms in total. The summed E-state index contributed by atoms with van der Waals surface area (Å²) >= 11 is 6.71. The van der Waals surface area contributed by atoms with Crippen molar-refractivity contribution in [1.82, 2.24) is 4.98 Å². The molecule has 108 valence electrons. The smallest absolute Gasteiger partial charge is 0.266 e. The summed E-state index contributed by atoms with van der Waals surface area (Å²) in [6.07, 6.45) is 0. The van der Waals surface area contributed by atoms with Crippen LogP contribution in [0, 0.1) is 18.3 Å². The number of aryl methyl sites for hydroxylation is 1. The van der Waals surface area contributed by atoms with Crippen molar-refractivity contribution in [2.45, 2.75) is 6.92 Å². The van der Waals surface area contributed by atoms with E-state index in [1.165, 1.54) is 7.11 Å². The number of hydrogen-bond donors (Lipinski definition) is 2. The molecule has 2 N–H and O–H groups in total. The van der Waals surface area contributed by atoms with Crippen LogP contribution in [0.2, 0.25) is 0 Å². The Kier molecular flexibility index (Phi) is 4.40. The largest absolute Gasteiger partial charge is 0.504 e. The van der Waals surface area contributed by atoms with Crippen molar-refractivity contribution in [2.24, 2.45) is 0 Å². The monoisotopic (exact) mass is 412 g/mol. The number of aromatic hydroxyl groups is 1. The molecule has 2 rings (SSSR count). The molecule has 0 spiro atoms. The van der Waals surface area contributed by atoms with Crippen molar-refractivity contribution in [2.75, 3.05) is 7.11 Å². The second-order valence-electron chi connectivity index (χ2n) is 4.28. The van der Waals surface area contributed by atoms with Gasteiger partial charge in [-0.15, -0.1) is 0 Å². The maximum atomic E-state index is 11.9. The molecule has 0 bridgehead atoms. The summed E-state index contributed by atoms with van der Waals surface area (Å²) in [4.78, 5) is 14.5. The maximum Gasteiger partial charge on any atom is 0.266 e. The lowest BCUT2D eigenvalue weighted by atomic mass is 9.99. The first-order valence-electron chi connectivity index (χ1n) is 5.80. The number of methoxy groups -OCH3 is 1. The summed E-state index contributed by atoms with van der Waals surface area (Å²) in [5, 5.41) is 19.6. The number of halogens is 2. The zero-order valence-electron chi connectivity index (χ0n) is 11.1. The molecule has 1 aromatic heterocycles. The number of aromatic nitrogens is 1. The molecule has 1 aromatic carbocycles. The zero-order valence-corrected chi connectivity index (χ0v) is 14.3. The van der Waals surface area contributed by atoms with Crippen LogP contribution in [0.1, 0.15) is 11.3 Å². The van der Waals surface area contributed by atoms with Crippen LogP contribution in [0.15, 0.2) is 25.9 Å². The number of nitrogens with one attached hydrogen (secondary N) is 1. The molecule has 21 heavy (non-hydrogen) atoms. The van der Waals surface area contributed by atoms with Gasteiger partial charge in [0, 0.05) is 25.8 Å².